The quantitative estimate of drug-likeness (QED) is 0.588. The van der Waals surface area contributed by atoms with E-state index in [-0.39, 0.29) is 11.6 Å². The highest BCUT2D eigenvalue weighted by Gasteiger charge is 2.19. The molecular formula is C19H20N6O2. The zero-order chi connectivity index (χ0) is 19.0. The van der Waals surface area contributed by atoms with E-state index in [2.05, 4.69) is 20.1 Å². The molecule has 8 heteroatoms. The number of hydrogen-bond donors (Lipinski definition) is 1. The van der Waals surface area contributed by atoms with Crippen molar-refractivity contribution in [3.63, 3.8) is 0 Å². The first-order valence-electron chi connectivity index (χ1n) is 8.64. The number of carbonyl (C=O) groups is 1. The first-order chi connectivity index (χ1) is 13.0. The second-order valence-corrected chi connectivity index (χ2v) is 6.59. The maximum atomic E-state index is 12.6. The molecule has 4 rings (SSSR count). The molecule has 3 aromatic heterocycles. The van der Waals surface area contributed by atoms with Gasteiger partial charge in [0.2, 0.25) is 0 Å². The monoisotopic (exact) mass is 364 g/mol. The Morgan fingerprint density at radius 2 is 2.11 bits per heavy atom. The average molecular weight is 364 g/mol. The molecule has 0 saturated heterocycles. The number of hydrogen-bond acceptors (Lipinski definition) is 5. The molecule has 0 aliphatic heterocycles. The number of aryl methyl sites for hydroxylation is 2. The van der Waals surface area contributed by atoms with Crippen molar-refractivity contribution in [1.29, 1.82) is 0 Å². The lowest BCUT2D eigenvalue weighted by atomic mass is 10.3. The van der Waals surface area contributed by atoms with E-state index in [4.69, 9.17) is 4.52 Å². The zero-order valence-corrected chi connectivity index (χ0v) is 15.4. The summed E-state index contributed by atoms with van der Waals surface area (Å²) in [5.41, 5.74) is 3.18. The fraction of sp³-hybridized carbons (Fsp3) is 0.263. The number of fused-ring (bicyclic) bond motifs is 1. The lowest BCUT2D eigenvalue weighted by Crippen LogP contribution is -2.27. The predicted molar refractivity (Wildman–Crippen MR) is 99.2 cm³/mol. The van der Waals surface area contributed by atoms with Crippen LogP contribution in [0.4, 0.5) is 0 Å². The third kappa shape index (κ3) is 3.33. The number of imidazole rings is 2. The normalized spacial score (nSPS) is 11.2. The highest BCUT2D eigenvalue weighted by atomic mass is 16.5. The van der Waals surface area contributed by atoms with Crippen LogP contribution in [0, 0.1) is 13.8 Å². The minimum absolute atomic E-state index is 0.216. The highest BCUT2D eigenvalue weighted by molar-refractivity contribution is 5.92. The largest absolute Gasteiger partial charge is 0.359 e. The number of benzene rings is 1. The van der Waals surface area contributed by atoms with E-state index in [1.807, 2.05) is 42.7 Å². The van der Waals surface area contributed by atoms with Gasteiger partial charge < -0.3 is 19.0 Å². The van der Waals surface area contributed by atoms with E-state index >= 15 is 0 Å². The number of H-pyrrole nitrogens is 1. The van der Waals surface area contributed by atoms with Crippen LogP contribution in [0.1, 0.15) is 33.6 Å². The molecule has 27 heavy (non-hydrogen) atoms. The van der Waals surface area contributed by atoms with Gasteiger partial charge in [-0.3, -0.25) is 4.79 Å². The number of rotatable bonds is 5. The Balaban J connectivity index is 1.51. The fourth-order valence-electron chi connectivity index (χ4n) is 3.08. The van der Waals surface area contributed by atoms with Crippen LogP contribution in [0.2, 0.25) is 0 Å². The van der Waals surface area contributed by atoms with Gasteiger partial charge in [0, 0.05) is 25.0 Å². The molecule has 1 amide bonds. The van der Waals surface area contributed by atoms with E-state index in [9.17, 15) is 4.79 Å². The van der Waals surface area contributed by atoms with Gasteiger partial charge in [-0.25, -0.2) is 9.97 Å². The zero-order valence-electron chi connectivity index (χ0n) is 15.4. The fourth-order valence-corrected chi connectivity index (χ4v) is 3.08. The van der Waals surface area contributed by atoms with Crippen LogP contribution in [0.5, 0.6) is 0 Å². The summed E-state index contributed by atoms with van der Waals surface area (Å²) in [4.78, 5) is 26.0. The second kappa shape index (κ2) is 6.71. The summed E-state index contributed by atoms with van der Waals surface area (Å²) in [5, 5.41) is 3.94. The summed E-state index contributed by atoms with van der Waals surface area (Å²) < 4.78 is 7.44. The topological polar surface area (TPSA) is 92.8 Å². The number of carbonyl (C=O) groups excluding carboxylic acids is 1. The van der Waals surface area contributed by atoms with Crippen molar-refractivity contribution in [3.8, 4) is 0 Å². The van der Waals surface area contributed by atoms with Gasteiger partial charge >= 0.3 is 0 Å². The van der Waals surface area contributed by atoms with Crippen LogP contribution in [0.3, 0.4) is 0 Å². The number of nitrogens with zero attached hydrogens (tertiary/aromatic N) is 5. The Morgan fingerprint density at radius 3 is 2.89 bits per heavy atom. The van der Waals surface area contributed by atoms with Crippen molar-refractivity contribution in [1.82, 2.24) is 29.6 Å². The Bertz CT molecular complexity index is 1110. The maximum absolute atomic E-state index is 12.6. The van der Waals surface area contributed by atoms with Gasteiger partial charge in [-0.2, -0.15) is 0 Å². The van der Waals surface area contributed by atoms with Crippen LogP contribution in [0.15, 0.2) is 41.1 Å². The molecule has 0 saturated carbocycles. The van der Waals surface area contributed by atoms with Gasteiger partial charge in [-0.05, 0) is 26.0 Å². The lowest BCUT2D eigenvalue weighted by molar-refractivity contribution is 0.0771. The van der Waals surface area contributed by atoms with Crippen LogP contribution in [-0.2, 0) is 13.1 Å². The van der Waals surface area contributed by atoms with Crippen LogP contribution >= 0.6 is 0 Å². The van der Waals surface area contributed by atoms with Crippen molar-refractivity contribution >= 4 is 16.9 Å². The molecule has 0 bridgehead atoms. The SMILES string of the molecule is Cc1cnc(CN(C)C(=O)c2cc(Cn3c(C)nc4ccccc43)on2)[nH]1. The smallest absolute Gasteiger partial charge is 0.276 e. The maximum Gasteiger partial charge on any atom is 0.276 e. The van der Waals surface area contributed by atoms with Gasteiger partial charge in [-0.1, -0.05) is 17.3 Å². The summed E-state index contributed by atoms with van der Waals surface area (Å²) in [6.45, 7) is 4.71. The van der Waals surface area contributed by atoms with Crippen LogP contribution in [-0.4, -0.2) is 42.5 Å². The predicted octanol–water partition coefficient (Wildman–Crippen LogP) is 2.68. The number of para-hydroxylation sites is 2. The molecule has 0 unspecified atom stereocenters. The summed E-state index contributed by atoms with van der Waals surface area (Å²) >= 11 is 0. The summed E-state index contributed by atoms with van der Waals surface area (Å²) in [6, 6.07) is 9.60. The standard InChI is InChI=1S/C19H20N6O2/c1-12-9-20-18(21-12)11-24(3)19(26)16-8-14(27-23-16)10-25-13(2)22-15-6-4-5-7-17(15)25/h4-9H,10-11H2,1-3H3,(H,20,21). The van der Waals surface area contributed by atoms with E-state index in [0.29, 0.717) is 18.8 Å². The molecule has 0 aliphatic carbocycles. The molecule has 138 valence electrons. The molecular weight excluding hydrogens is 344 g/mol. The molecule has 0 fully saturated rings. The molecule has 1 aromatic carbocycles. The molecule has 0 aliphatic rings. The third-order valence-electron chi connectivity index (χ3n) is 4.43. The third-order valence-corrected chi connectivity index (χ3v) is 4.43. The minimum Gasteiger partial charge on any atom is -0.359 e. The number of nitrogens with one attached hydrogen (secondary N) is 1. The van der Waals surface area contributed by atoms with Gasteiger partial charge in [0.15, 0.2) is 11.5 Å². The summed E-state index contributed by atoms with van der Waals surface area (Å²) in [7, 11) is 1.71. The van der Waals surface area contributed by atoms with Gasteiger partial charge in [-0.15, -0.1) is 0 Å². The second-order valence-electron chi connectivity index (χ2n) is 6.59. The van der Waals surface area contributed by atoms with Gasteiger partial charge in [0.05, 0.1) is 24.1 Å². The van der Waals surface area contributed by atoms with Crippen molar-refractivity contribution in [2.24, 2.45) is 0 Å². The first-order valence-corrected chi connectivity index (χ1v) is 8.64. The Hall–Kier alpha value is -3.42. The number of aromatic nitrogens is 5. The first kappa shape index (κ1) is 17.0. The van der Waals surface area contributed by atoms with Crippen molar-refractivity contribution in [2.75, 3.05) is 7.05 Å². The summed E-state index contributed by atoms with van der Waals surface area (Å²) in [6.07, 6.45) is 1.74. The van der Waals surface area contributed by atoms with Gasteiger partial charge in [0.25, 0.3) is 5.91 Å². The molecule has 8 nitrogen and oxygen atoms in total. The van der Waals surface area contributed by atoms with Crippen LogP contribution < -0.4 is 0 Å². The van der Waals surface area contributed by atoms with E-state index in [1.54, 1.807) is 24.2 Å². The Labute approximate surface area is 155 Å². The highest BCUT2D eigenvalue weighted by Crippen LogP contribution is 2.18. The minimum atomic E-state index is -0.216. The van der Waals surface area contributed by atoms with Crippen LogP contribution in [0.25, 0.3) is 11.0 Å². The van der Waals surface area contributed by atoms with E-state index in [0.717, 1.165) is 28.4 Å². The number of aromatic amines is 1. The molecule has 1 N–H and O–H groups in total. The van der Waals surface area contributed by atoms with Gasteiger partial charge in [0.1, 0.15) is 11.6 Å². The van der Waals surface area contributed by atoms with Crippen molar-refractivity contribution < 1.29 is 9.32 Å². The molecule has 4 aromatic rings. The number of amides is 1. The summed E-state index contributed by atoms with van der Waals surface area (Å²) in [5.74, 6) is 2.00. The Morgan fingerprint density at radius 1 is 1.30 bits per heavy atom. The lowest BCUT2D eigenvalue weighted by Gasteiger charge is -2.13. The molecule has 0 atom stereocenters. The Kier molecular flexibility index (Phi) is 4.23. The van der Waals surface area contributed by atoms with E-state index < -0.39 is 0 Å². The van der Waals surface area contributed by atoms with Crippen molar-refractivity contribution in [3.05, 3.63) is 65.3 Å². The van der Waals surface area contributed by atoms with E-state index in [1.165, 1.54) is 0 Å². The molecule has 0 spiro atoms. The molecule has 0 radical (unpaired) electrons. The average Bonchev–Trinajstić information content (AvgIpc) is 3.35. The van der Waals surface area contributed by atoms with Crippen molar-refractivity contribution in [2.45, 2.75) is 26.9 Å². The molecule has 3 heterocycles.